The molecule has 1 rings (SSSR count). The van der Waals surface area contributed by atoms with Crippen molar-refractivity contribution < 1.29 is 9.90 Å². The highest BCUT2D eigenvalue weighted by molar-refractivity contribution is 6.42. The first-order valence-electron chi connectivity index (χ1n) is 5.45. The van der Waals surface area contributed by atoms with Crippen LogP contribution in [-0.4, -0.2) is 23.7 Å². The Morgan fingerprint density at radius 1 is 1.41 bits per heavy atom. The predicted molar refractivity (Wildman–Crippen MR) is 69.7 cm³/mol. The second-order valence-electron chi connectivity index (χ2n) is 3.72. The maximum atomic E-state index is 11.9. The SMILES string of the molecule is CCC(CCO)NC(=O)c1ccc(Cl)c(Cl)c1. The summed E-state index contributed by atoms with van der Waals surface area (Å²) in [6.07, 6.45) is 1.32. The number of carbonyl (C=O) groups excluding carboxylic acids is 1. The molecule has 0 saturated heterocycles. The van der Waals surface area contributed by atoms with Gasteiger partial charge in [-0.15, -0.1) is 0 Å². The van der Waals surface area contributed by atoms with Crippen LogP contribution in [0.2, 0.25) is 10.0 Å². The molecule has 0 radical (unpaired) electrons. The summed E-state index contributed by atoms with van der Waals surface area (Å²) in [5, 5.41) is 12.4. The van der Waals surface area contributed by atoms with Crippen LogP contribution in [-0.2, 0) is 0 Å². The van der Waals surface area contributed by atoms with E-state index < -0.39 is 0 Å². The summed E-state index contributed by atoms with van der Waals surface area (Å²) >= 11 is 11.6. The highest BCUT2D eigenvalue weighted by Crippen LogP contribution is 2.22. The molecule has 0 saturated carbocycles. The van der Waals surface area contributed by atoms with Crippen LogP contribution < -0.4 is 5.32 Å². The molecule has 1 aromatic rings. The zero-order chi connectivity index (χ0) is 12.8. The van der Waals surface area contributed by atoms with Gasteiger partial charge in [-0.2, -0.15) is 0 Å². The molecule has 0 fully saturated rings. The fraction of sp³-hybridized carbons (Fsp3) is 0.417. The molecule has 0 aliphatic carbocycles. The predicted octanol–water partition coefficient (Wildman–Crippen LogP) is 2.88. The van der Waals surface area contributed by atoms with E-state index in [1.807, 2.05) is 6.92 Å². The molecule has 2 N–H and O–H groups in total. The van der Waals surface area contributed by atoms with Crippen molar-refractivity contribution in [2.24, 2.45) is 0 Å². The molecule has 0 aliphatic rings. The maximum Gasteiger partial charge on any atom is 0.251 e. The third-order valence-corrected chi connectivity index (χ3v) is 3.23. The Morgan fingerprint density at radius 2 is 2.12 bits per heavy atom. The topological polar surface area (TPSA) is 49.3 Å². The highest BCUT2D eigenvalue weighted by atomic mass is 35.5. The number of amides is 1. The van der Waals surface area contributed by atoms with Gasteiger partial charge in [-0.1, -0.05) is 30.1 Å². The van der Waals surface area contributed by atoms with E-state index in [2.05, 4.69) is 5.32 Å². The quantitative estimate of drug-likeness (QED) is 0.868. The summed E-state index contributed by atoms with van der Waals surface area (Å²) < 4.78 is 0. The van der Waals surface area contributed by atoms with Crippen LogP contribution in [0.4, 0.5) is 0 Å². The number of rotatable bonds is 5. The van der Waals surface area contributed by atoms with Gasteiger partial charge < -0.3 is 10.4 Å². The molecule has 17 heavy (non-hydrogen) atoms. The van der Waals surface area contributed by atoms with E-state index in [1.54, 1.807) is 12.1 Å². The summed E-state index contributed by atoms with van der Waals surface area (Å²) in [5.74, 6) is -0.205. The fourth-order valence-electron chi connectivity index (χ4n) is 1.44. The number of halogens is 2. The summed E-state index contributed by atoms with van der Waals surface area (Å²) in [5.41, 5.74) is 0.468. The van der Waals surface area contributed by atoms with Crippen molar-refractivity contribution in [3.63, 3.8) is 0 Å². The van der Waals surface area contributed by atoms with E-state index in [1.165, 1.54) is 6.07 Å². The highest BCUT2D eigenvalue weighted by Gasteiger charge is 2.12. The van der Waals surface area contributed by atoms with Gasteiger partial charge in [0.05, 0.1) is 10.0 Å². The van der Waals surface area contributed by atoms with Crippen molar-refractivity contribution >= 4 is 29.1 Å². The van der Waals surface area contributed by atoms with Gasteiger partial charge in [-0.05, 0) is 31.0 Å². The molecular weight excluding hydrogens is 261 g/mol. The van der Waals surface area contributed by atoms with Crippen LogP contribution in [0.3, 0.4) is 0 Å². The summed E-state index contributed by atoms with van der Waals surface area (Å²) in [6.45, 7) is 2.01. The molecule has 94 valence electrons. The Bertz CT molecular complexity index is 396. The first-order chi connectivity index (χ1) is 8.08. The lowest BCUT2D eigenvalue weighted by Crippen LogP contribution is -2.35. The molecule has 3 nitrogen and oxygen atoms in total. The van der Waals surface area contributed by atoms with Crippen molar-refractivity contribution in [2.45, 2.75) is 25.8 Å². The number of nitrogens with one attached hydrogen (secondary N) is 1. The van der Waals surface area contributed by atoms with E-state index >= 15 is 0 Å². The largest absolute Gasteiger partial charge is 0.396 e. The molecule has 1 unspecified atom stereocenters. The standard InChI is InChI=1S/C12H15Cl2NO2/c1-2-9(5-6-16)15-12(17)8-3-4-10(13)11(14)7-8/h3-4,7,9,16H,2,5-6H2,1H3,(H,15,17). The minimum absolute atomic E-state index is 0.0260. The third-order valence-electron chi connectivity index (χ3n) is 2.49. The number of aliphatic hydroxyl groups excluding tert-OH is 1. The maximum absolute atomic E-state index is 11.9. The second-order valence-corrected chi connectivity index (χ2v) is 4.53. The number of carbonyl (C=O) groups is 1. The van der Waals surface area contributed by atoms with Gasteiger partial charge in [-0.25, -0.2) is 0 Å². The third kappa shape index (κ3) is 4.19. The average molecular weight is 276 g/mol. The lowest BCUT2D eigenvalue weighted by molar-refractivity contribution is 0.0929. The van der Waals surface area contributed by atoms with Gasteiger partial charge in [0.2, 0.25) is 0 Å². The normalized spacial score (nSPS) is 12.2. The van der Waals surface area contributed by atoms with E-state index in [0.29, 0.717) is 22.0 Å². The molecule has 5 heteroatoms. The molecule has 1 atom stereocenters. The van der Waals surface area contributed by atoms with E-state index in [4.69, 9.17) is 28.3 Å². The number of benzene rings is 1. The van der Waals surface area contributed by atoms with Crippen LogP contribution in [0.1, 0.15) is 30.1 Å². The smallest absolute Gasteiger partial charge is 0.251 e. The van der Waals surface area contributed by atoms with Crippen LogP contribution in [0, 0.1) is 0 Å². The van der Waals surface area contributed by atoms with Crippen LogP contribution in [0.25, 0.3) is 0 Å². The average Bonchev–Trinajstić information content (AvgIpc) is 2.31. The molecular formula is C12H15Cl2NO2. The van der Waals surface area contributed by atoms with Crippen molar-refractivity contribution in [3.8, 4) is 0 Å². The van der Waals surface area contributed by atoms with Crippen LogP contribution >= 0.6 is 23.2 Å². The van der Waals surface area contributed by atoms with Gasteiger partial charge in [0.25, 0.3) is 5.91 Å². The van der Waals surface area contributed by atoms with Gasteiger partial charge in [-0.3, -0.25) is 4.79 Å². The van der Waals surface area contributed by atoms with E-state index in [0.717, 1.165) is 6.42 Å². The zero-order valence-electron chi connectivity index (χ0n) is 9.54. The Morgan fingerprint density at radius 3 is 2.65 bits per heavy atom. The van der Waals surface area contributed by atoms with E-state index in [-0.39, 0.29) is 18.6 Å². The lowest BCUT2D eigenvalue weighted by atomic mass is 10.1. The monoisotopic (exact) mass is 275 g/mol. The second kappa shape index (κ2) is 6.84. The number of hydrogen-bond donors (Lipinski definition) is 2. The summed E-state index contributed by atoms with van der Waals surface area (Å²) in [7, 11) is 0. The van der Waals surface area contributed by atoms with Crippen molar-refractivity contribution in [3.05, 3.63) is 33.8 Å². The van der Waals surface area contributed by atoms with Gasteiger partial charge in [0.15, 0.2) is 0 Å². The Kier molecular flexibility index (Phi) is 5.75. The summed E-state index contributed by atoms with van der Waals surface area (Å²) in [4.78, 5) is 11.9. The minimum Gasteiger partial charge on any atom is -0.396 e. The molecule has 0 aliphatic heterocycles. The first-order valence-corrected chi connectivity index (χ1v) is 6.20. The molecule has 0 spiro atoms. The van der Waals surface area contributed by atoms with Gasteiger partial charge >= 0.3 is 0 Å². The number of aliphatic hydroxyl groups is 1. The molecule has 1 aromatic carbocycles. The van der Waals surface area contributed by atoms with E-state index in [9.17, 15) is 4.79 Å². The molecule has 0 heterocycles. The van der Waals surface area contributed by atoms with Crippen LogP contribution in [0.15, 0.2) is 18.2 Å². The fourth-order valence-corrected chi connectivity index (χ4v) is 1.74. The summed E-state index contributed by atoms with van der Waals surface area (Å²) in [6, 6.07) is 4.72. The van der Waals surface area contributed by atoms with Crippen molar-refractivity contribution in [1.29, 1.82) is 0 Å². The van der Waals surface area contributed by atoms with Gasteiger partial charge in [0.1, 0.15) is 0 Å². The minimum atomic E-state index is -0.205. The molecule has 0 bridgehead atoms. The Balaban J connectivity index is 2.72. The Labute approximate surface area is 111 Å². The Hall–Kier alpha value is -0.770. The first kappa shape index (κ1) is 14.3. The van der Waals surface area contributed by atoms with Crippen LogP contribution in [0.5, 0.6) is 0 Å². The van der Waals surface area contributed by atoms with Gasteiger partial charge in [0, 0.05) is 18.2 Å². The molecule has 0 aromatic heterocycles. The molecule has 1 amide bonds. The van der Waals surface area contributed by atoms with Crippen molar-refractivity contribution in [2.75, 3.05) is 6.61 Å². The van der Waals surface area contributed by atoms with Crippen molar-refractivity contribution in [1.82, 2.24) is 5.32 Å². The lowest BCUT2D eigenvalue weighted by Gasteiger charge is -2.15. The zero-order valence-corrected chi connectivity index (χ0v) is 11.1. The number of hydrogen-bond acceptors (Lipinski definition) is 2.